The highest BCUT2D eigenvalue weighted by molar-refractivity contribution is 7.21. The van der Waals surface area contributed by atoms with E-state index in [-0.39, 0.29) is 12.2 Å². The van der Waals surface area contributed by atoms with Gasteiger partial charge in [-0.1, -0.05) is 18.2 Å². The zero-order chi connectivity index (χ0) is 14.1. The summed E-state index contributed by atoms with van der Waals surface area (Å²) in [6.45, 7) is 0. The summed E-state index contributed by atoms with van der Waals surface area (Å²) in [4.78, 5) is 15.1. The second-order valence-electron chi connectivity index (χ2n) is 4.37. The van der Waals surface area contributed by atoms with Crippen molar-refractivity contribution in [3.63, 3.8) is 0 Å². The fourth-order valence-corrected chi connectivity index (χ4v) is 3.06. The summed E-state index contributed by atoms with van der Waals surface area (Å²) in [7, 11) is 0. The second-order valence-corrected chi connectivity index (χ2v) is 5.40. The molecule has 0 saturated carbocycles. The molecule has 0 radical (unpaired) electrons. The first-order chi connectivity index (χ1) is 9.63. The Bertz CT molecular complexity index is 797. The van der Waals surface area contributed by atoms with Crippen molar-refractivity contribution < 1.29 is 14.3 Å². The van der Waals surface area contributed by atoms with E-state index in [1.54, 1.807) is 36.4 Å². The van der Waals surface area contributed by atoms with Crippen LogP contribution in [0.3, 0.4) is 0 Å². The molecule has 3 rings (SSSR count). The molecule has 0 atom stereocenters. The standard InChI is InChI=1S/C15H10FNO2S/c16-11-4-2-1-3-10(11)15-17-12-6-5-9(8-14(18)19)7-13(12)20-15/h1-7H,8H2,(H,18,19). The van der Waals surface area contributed by atoms with Crippen LogP contribution in [-0.2, 0) is 11.2 Å². The Balaban J connectivity index is 2.07. The molecule has 100 valence electrons. The Hall–Kier alpha value is -2.27. The number of carboxylic acids is 1. The van der Waals surface area contributed by atoms with Crippen LogP contribution < -0.4 is 0 Å². The molecule has 2 aromatic carbocycles. The number of benzene rings is 2. The molecule has 0 saturated heterocycles. The minimum absolute atomic E-state index is 0.0249. The number of nitrogens with zero attached hydrogens (tertiary/aromatic N) is 1. The molecule has 0 spiro atoms. The minimum Gasteiger partial charge on any atom is -0.481 e. The van der Waals surface area contributed by atoms with E-state index in [9.17, 15) is 9.18 Å². The first-order valence-electron chi connectivity index (χ1n) is 5.99. The van der Waals surface area contributed by atoms with Crippen LogP contribution in [0.1, 0.15) is 5.56 Å². The van der Waals surface area contributed by atoms with Crippen LogP contribution in [0.4, 0.5) is 4.39 Å². The predicted octanol–water partition coefficient (Wildman–Crippen LogP) is 3.73. The summed E-state index contributed by atoms with van der Waals surface area (Å²) in [5, 5.41) is 9.40. The molecular formula is C15H10FNO2S. The van der Waals surface area contributed by atoms with Gasteiger partial charge >= 0.3 is 5.97 Å². The second kappa shape index (κ2) is 5.02. The Morgan fingerprint density at radius 1 is 1.25 bits per heavy atom. The fourth-order valence-electron chi connectivity index (χ4n) is 2.00. The van der Waals surface area contributed by atoms with Gasteiger partial charge in [0.1, 0.15) is 10.8 Å². The van der Waals surface area contributed by atoms with Crippen molar-refractivity contribution in [3.8, 4) is 10.6 Å². The highest BCUT2D eigenvalue weighted by Crippen LogP contribution is 2.32. The first kappa shape index (κ1) is 12.7. The largest absolute Gasteiger partial charge is 0.481 e. The van der Waals surface area contributed by atoms with E-state index in [0.29, 0.717) is 16.1 Å². The van der Waals surface area contributed by atoms with Crippen molar-refractivity contribution in [2.24, 2.45) is 0 Å². The fraction of sp³-hybridized carbons (Fsp3) is 0.0667. The van der Waals surface area contributed by atoms with Gasteiger partial charge in [0.05, 0.1) is 16.6 Å². The summed E-state index contributed by atoms with van der Waals surface area (Å²) < 4.78 is 14.6. The van der Waals surface area contributed by atoms with Gasteiger partial charge in [0.2, 0.25) is 0 Å². The van der Waals surface area contributed by atoms with Gasteiger partial charge in [0.15, 0.2) is 0 Å². The van der Waals surface area contributed by atoms with Gasteiger partial charge in [-0.15, -0.1) is 11.3 Å². The molecule has 0 aliphatic rings. The van der Waals surface area contributed by atoms with E-state index in [1.807, 2.05) is 0 Å². The smallest absolute Gasteiger partial charge is 0.307 e. The summed E-state index contributed by atoms with van der Waals surface area (Å²) in [5.41, 5.74) is 1.93. The molecule has 1 aromatic heterocycles. The van der Waals surface area contributed by atoms with E-state index in [1.165, 1.54) is 17.4 Å². The zero-order valence-corrected chi connectivity index (χ0v) is 11.2. The number of hydrogen-bond acceptors (Lipinski definition) is 3. The van der Waals surface area contributed by atoms with Gasteiger partial charge in [0.25, 0.3) is 0 Å². The van der Waals surface area contributed by atoms with Gasteiger partial charge < -0.3 is 5.11 Å². The van der Waals surface area contributed by atoms with E-state index < -0.39 is 5.97 Å². The third kappa shape index (κ3) is 2.40. The third-order valence-electron chi connectivity index (χ3n) is 2.91. The molecule has 0 amide bonds. The van der Waals surface area contributed by atoms with Crippen molar-refractivity contribution >= 4 is 27.5 Å². The van der Waals surface area contributed by atoms with Crippen LogP contribution in [-0.4, -0.2) is 16.1 Å². The average Bonchev–Trinajstić information content (AvgIpc) is 2.81. The molecule has 5 heteroatoms. The molecule has 3 aromatic rings. The van der Waals surface area contributed by atoms with Crippen LogP contribution in [0.2, 0.25) is 0 Å². The van der Waals surface area contributed by atoms with Crippen LogP contribution in [0.15, 0.2) is 42.5 Å². The van der Waals surface area contributed by atoms with E-state index in [4.69, 9.17) is 5.11 Å². The summed E-state index contributed by atoms with van der Waals surface area (Å²) in [6.07, 6.45) is -0.0249. The normalized spacial score (nSPS) is 10.8. The molecule has 1 N–H and O–H groups in total. The molecule has 0 unspecified atom stereocenters. The van der Waals surface area contributed by atoms with Gasteiger partial charge in [-0.25, -0.2) is 9.37 Å². The van der Waals surface area contributed by atoms with Gasteiger partial charge in [-0.3, -0.25) is 4.79 Å². The number of rotatable bonds is 3. The van der Waals surface area contributed by atoms with Crippen molar-refractivity contribution in [1.29, 1.82) is 0 Å². The van der Waals surface area contributed by atoms with Gasteiger partial charge in [0, 0.05) is 5.56 Å². The summed E-state index contributed by atoms with van der Waals surface area (Å²) >= 11 is 1.36. The molecule has 20 heavy (non-hydrogen) atoms. The molecule has 0 aliphatic heterocycles. The Labute approximate surface area is 118 Å². The SMILES string of the molecule is O=C(O)Cc1ccc2nc(-c3ccccc3F)sc2c1. The van der Waals surface area contributed by atoms with Gasteiger partial charge in [-0.2, -0.15) is 0 Å². The Kier molecular flexibility index (Phi) is 3.20. The Morgan fingerprint density at radius 2 is 2.05 bits per heavy atom. The summed E-state index contributed by atoms with van der Waals surface area (Å²) in [6, 6.07) is 11.8. The molecule has 1 heterocycles. The lowest BCUT2D eigenvalue weighted by atomic mass is 10.1. The maximum Gasteiger partial charge on any atom is 0.307 e. The molecule has 0 aliphatic carbocycles. The van der Waals surface area contributed by atoms with Crippen LogP contribution in [0.5, 0.6) is 0 Å². The number of carbonyl (C=O) groups is 1. The van der Waals surface area contributed by atoms with E-state index >= 15 is 0 Å². The molecule has 0 bridgehead atoms. The van der Waals surface area contributed by atoms with Crippen LogP contribution in [0, 0.1) is 5.82 Å². The van der Waals surface area contributed by atoms with Gasteiger partial charge in [-0.05, 0) is 29.8 Å². The van der Waals surface area contributed by atoms with E-state index in [0.717, 1.165) is 10.2 Å². The van der Waals surface area contributed by atoms with E-state index in [2.05, 4.69) is 4.98 Å². The predicted molar refractivity (Wildman–Crippen MR) is 76.4 cm³/mol. The number of fused-ring (bicyclic) bond motifs is 1. The monoisotopic (exact) mass is 287 g/mol. The lowest BCUT2D eigenvalue weighted by Gasteiger charge is -1.96. The van der Waals surface area contributed by atoms with Crippen molar-refractivity contribution in [3.05, 3.63) is 53.8 Å². The number of halogens is 1. The topological polar surface area (TPSA) is 50.2 Å². The number of aliphatic carboxylic acids is 1. The minimum atomic E-state index is -0.872. The number of aromatic nitrogens is 1. The highest BCUT2D eigenvalue weighted by atomic mass is 32.1. The maximum absolute atomic E-state index is 13.7. The molecular weight excluding hydrogens is 277 g/mol. The highest BCUT2D eigenvalue weighted by Gasteiger charge is 2.11. The summed E-state index contributed by atoms with van der Waals surface area (Å²) in [5.74, 6) is -1.18. The van der Waals surface area contributed by atoms with Crippen molar-refractivity contribution in [2.45, 2.75) is 6.42 Å². The number of hydrogen-bond donors (Lipinski definition) is 1. The van der Waals surface area contributed by atoms with Crippen molar-refractivity contribution in [2.75, 3.05) is 0 Å². The van der Waals surface area contributed by atoms with Crippen LogP contribution in [0.25, 0.3) is 20.8 Å². The van der Waals surface area contributed by atoms with Crippen molar-refractivity contribution in [1.82, 2.24) is 4.98 Å². The quantitative estimate of drug-likeness (QED) is 0.798. The molecule has 0 fully saturated rings. The molecule has 3 nitrogen and oxygen atoms in total. The first-order valence-corrected chi connectivity index (χ1v) is 6.81. The van der Waals surface area contributed by atoms with Crippen LogP contribution >= 0.6 is 11.3 Å². The number of carboxylic acid groups (broad SMARTS) is 1. The number of thiazole rings is 1. The average molecular weight is 287 g/mol. The lowest BCUT2D eigenvalue weighted by molar-refractivity contribution is -0.136. The third-order valence-corrected chi connectivity index (χ3v) is 3.96. The Morgan fingerprint density at radius 3 is 2.80 bits per heavy atom. The zero-order valence-electron chi connectivity index (χ0n) is 10.3. The lowest BCUT2D eigenvalue weighted by Crippen LogP contribution is -1.99. The maximum atomic E-state index is 13.7.